The molecule has 3 aromatic rings. The van der Waals surface area contributed by atoms with Gasteiger partial charge in [0.15, 0.2) is 0 Å². The van der Waals surface area contributed by atoms with Gasteiger partial charge in [0.1, 0.15) is 0 Å². The number of amides is 2. The molecule has 0 radical (unpaired) electrons. The van der Waals surface area contributed by atoms with E-state index in [1.54, 1.807) is 0 Å². The molecule has 5 heteroatoms. The Morgan fingerprint density at radius 1 is 1.03 bits per heavy atom. The fraction of sp³-hybridized carbons (Fsp3) is 0.292. The molecule has 5 nitrogen and oxygen atoms in total. The molecule has 0 aliphatic heterocycles. The van der Waals surface area contributed by atoms with Crippen LogP contribution in [-0.4, -0.2) is 16.8 Å². The van der Waals surface area contributed by atoms with Crippen LogP contribution < -0.4 is 10.6 Å². The minimum atomic E-state index is -0.0283. The standard InChI is InChI=1S/C24H25N3O2/c1-15-20-5-3-4-6-22(20)26-16(2)21(15)13-23(28)25-14-17-7-11-19(12-8-17)27-24(29)18-9-10-18/h3-8,11-12,18H,9-10,13-14H2,1-2H3,(H,25,28)(H,27,29). The van der Waals surface area contributed by atoms with E-state index in [1.807, 2.05) is 62.4 Å². The topological polar surface area (TPSA) is 71.1 Å². The molecule has 2 amide bonds. The Morgan fingerprint density at radius 2 is 1.76 bits per heavy atom. The van der Waals surface area contributed by atoms with Gasteiger partial charge in [-0.1, -0.05) is 30.3 Å². The Kier molecular flexibility index (Phi) is 5.30. The van der Waals surface area contributed by atoms with Crippen molar-refractivity contribution in [3.8, 4) is 0 Å². The van der Waals surface area contributed by atoms with E-state index < -0.39 is 0 Å². The molecule has 2 N–H and O–H groups in total. The predicted octanol–water partition coefficient (Wildman–Crippen LogP) is 4.06. The lowest BCUT2D eigenvalue weighted by atomic mass is 9.99. The predicted molar refractivity (Wildman–Crippen MR) is 115 cm³/mol. The number of carbonyl (C=O) groups is 2. The van der Waals surface area contributed by atoms with Crippen molar-refractivity contribution in [3.05, 3.63) is 70.9 Å². The van der Waals surface area contributed by atoms with Crippen LogP contribution in [-0.2, 0) is 22.6 Å². The molecule has 0 spiro atoms. The fourth-order valence-electron chi connectivity index (χ4n) is 3.55. The van der Waals surface area contributed by atoms with Gasteiger partial charge in [0.2, 0.25) is 11.8 Å². The Hall–Kier alpha value is -3.21. The average Bonchev–Trinajstić information content (AvgIpc) is 3.56. The highest BCUT2D eigenvalue weighted by Gasteiger charge is 2.29. The first-order valence-electron chi connectivity index (χ1n) is 10.0. The highest BCUT2D eigenvalue weighted by Crippen LogP contribution is 2.30. The Labute approximate surface area is 170 Å². The molecule has 29 heavy (non-hydrogen) atoms. The number of aryl methyl sites for hydroxylation is 2. The SMILES string of the molecule is Cc1nc2ccccc2c(C)c1CC(=O)NCc1ccc(NC(=O)C2CC2)cc1. The number of anilines is 1. The first-order valence-corrected chi connectivity index (χ1v) is 10.0. The van der Waals surface area contributed by atoms with Gasteiger partial charge in [-0.2, -0.15) is 0 Å². The van der Waals surface area contributed by atoms with Crippen LogP contribution in [0.15, 0.2) is 48.5 Å². The molecule has 0 saturated heterocycles. The quantitative estimate of drug-likeness (QED) is 0.670. The van der Waals surface area contributed by atoms with E-state index >= 15 is 0 Å². The second-order valence-electron chi connectivity index (χ2n) is 7.73. The average molecular weight is 387 g/mol. The summed E-state index contributed by atoms with van der Waals surface area (Å²) in [6, 6.07) is 15.6. The van der Waals surface area contributed by atoms with E-state index in [2.05, 4.69) is 15.6 Å². The van der Waals surface area contributed by atoms with E-state index in [9.17, 15) is 9.59 Å². The summed E-state index contributed by atoms with van der Waals surface area (Å²) in [5.41, 5.74) is 5.74. The molecule has 1 aliphatic rings. The van der Waals surface area contributed by atoms with Crippen molar-refractivity contribution in [2.45, 2.75) is 39.7 Å². The van der Waals surface area contributed by atoms with Gasteiger partial charge in [0, 0.05) is 29.2 Å². The van der Waals surface area contributed by atoms with E-state index in [0.717, 1.165) is 51.8 Å². The van der Waals surface area contributed by atoms with Gasteiger partial charge >= 0.3 is 0 Å². The van der Waals surface area contributed by atoms with E-state index in [-0.39, 0.29) is 17.7 Å². The number of carbonyl (C=O) groups excluding carboxylic acids is 2. The van der Waals surface area contributed by atoms with Crippen LogP contribution in [0.1, 0.15) is 35.2 Å². The van der Waals surface area contributed by atoms with Gasteiger partial charge in [-0.3, -0.25) is 14.6 Å². The van der Waals surface area contributed by atoms with Gasteiger partial charge < -0.3 is 10.6 Å². The lowest BCUT2D eigenvalue weighted by molar-refractivity contribution is -0.120. The second-order valence-corrected chi connectivity index (χ2v) is 7.73. The number of fused-ring (bicyclic) bond motifs is 1. The van der Waals surface area contributed by atoms with Crippen molar-refractivity contribution >= 4 is 28.4 Å². The maximum absolute atomic E-state index is 12.5. The van der Waals surface area contributed by atoms with Crippen molar-refractivity contribution in [1.82, 2.24) is 10.3 Å². The minimum Gasteiger partial charge on any atom is -0.352 e. The molecule has 4 rings (SSSR count). The number of rotatable bonds is 6. The van der Waals surface area contributed by atoms with Crippen LogP contribution in [0.25, 0.3) is 10.9 Å². The monoisotopic (exact) mass is 387 g/mol. The minimum absolute atomic E-state index is 0.0283. The third-order valence-electron chi connectivity index (χ3n) is 5.48. The van der Waals surface area contributed by atoms with Crippen molar-refractivity contribution < 1.29 is 9.59 Å². The summed E-state index contributed by atoms with van der Waals surface area (Å²) >= 11 is 0. The summed E-state index contributed by atoms with van der Waals surface area (Å²) in [5.74, 6) is 0.255. The zero-order chi connectivity index (χ0) is 20.4. The number of hydrogen-bond donors (Lipinski definition) is 2. The van der Waals surface area contributed by atoms with Crippen molar-refractivity contribution in [2.24, 2.45) is 5.92 Å². The van der Waals surface area contributed by atoms with Crippen LogP contribution >= 0.6 is 0 Å². The van der Waals surface area contributed by atoms with Crippen LogP contribution in [0.3, 0.4) is 0 Å². The molecule has 0 bridgehead atoms. The van der Waals surface area contributed by atoms with Gasteiger partial charge in [-0.05, 0) is 61.6 Å². The molecule has 1 fully saturated rings. The van der Waals surface area contributed by atoms with Gasteiger partial charge in [0.25, 0.3) is 0 Å². The van der Waals surface area contributed by atoms with Crippen LogP contribution in [0.5, 0.6) is 0 Å². The first kappa shape index (κ1) is 19.1. The maximum atomic E-state index is 12.5. The molecule has 2 aromatic carbocycles. The smallest absolute Gasteiger partial charge is 0.227 e. The zero-order valence-electron chi connectivity index (χ0n) is 16.8. The lowest BCUT2D eigenvalue weighted by Crippen LogP contribution is -2.25. The summed E-state index contributed by atoms with van der Waals surface area (Å²) in [6.07, 6.45) is 2.29. The van der Waals surface area contributed by atoms with Crippen LogP contribution in [0.2, 0.25) is 0 Å². The van der Waals surface area contributed by atoms with Gasteiger partial charge in [-0.25, -0.2) is 0 Å². The van der Waals surface area contributed by atoms with E-state index in [4.69, 9.17) is 0 Å². The normalized spacial score (nSPS) is 13.3. The second kappa shape index (κ2) is 8.03. The lowest BCUT2D eigenvalue weighted by Gasteiger charge is -2.13. The molecule has 1 aromatic heterocycles. The number of hydrogen-bond acceptors (Lipinski definition) is 3. The summed E-state index contributed by atoms with van der Waals surface area (Å²) in [6.45, 7) is 4.46. The van der Waals surface area contributed by atoms with E-state index in [0.29, 0.717) is 13.0 Å². The highest BCUT2D eigenvalue weighted by atomic mass is 16.2. The molecular formula is C24H25N3O2. The first-order chi connectivity index (χ1) is 14.0. The third kappa shape index (κ3) is 4.45. The van der Waals surface area contributed by atoms with Crippen LogP contribution in [0.4, 0.5) is 5.69 Å². The molecule has 1 aliphatic carbocycles. The number of nitrogens with one attached hydrogen (secondary N) is 2. The zero-order valence-corrected chi connectivity index (χ0v) is 16.8. The number of para-hydroxylation sites is 1. The number of nitrogens with zero attached hydrogens (tertiary/aromatic N) is 1. The summed E-state index contributed by atoms with van der Waals surface area (Å²) in [5, 5.41) is 6.99. The fourth-order valence-corrected chi connectivity index (χ4v) is 3.55. The highest BCUT2D eigenvalue weighted by molar-refractivity contribution is 5.94. The summed E-state index contributed by atoms with van der Waals surface area (Å²) in [4.78, 5) is 29.0. The largest absolute Gasteiger partial charge is 0.352 e. The Balaban J connectivity index is 1.36. The van der Waals surface area contributed by atoms with Crippen molar-refractivity contribution in [1.29, 1.82) is 0 Å². The number of benzene rings is 2. The Morgan fingerprint density at radius 3 is 2.48 bits per heavy atom. The molecule has 0 atom stereocenters. The van der Waals surface area contributed by atoms with Crippen molar-refractivity contribution in [2.75, 3.05) is 5.32 Å². The van der Waals surface area contributed by atoms with Gasteiger partial charge in [-0.15, -0.1) is 0 Å². The van der Waals surface area contributed by atoms with Crippen LogP contribution in [0, 0.1) is 19.8 Å². The van der Waals surface area contributed by atoms with E-state index in [1.165, 1.54) is 0 Å². The van der Waals surface area contributed by atoms with Crippen molar-refractivity contribution in [3.63, 3.8) is 0 Å². The summed E-state index contributed by atoms with van der Waals surface area (Å²) in [7, 11) is 0. The number of aromatic nitrogens is 1. The molecule has 148 valence electrons. The molecule has 0 unspecified atom stereocenters. The summed E-state index contributed by atoms with van der Waals surface area (Å²) < 4.78 is 0. The molecule has 1 saturated carbocycles. The maximum Gasteiger partial charge on any atom is 0.227 e. The third-order valence-corrected chi connectivity index (χ3v) is 5.48. The van der Waals surface area contributed by atoms with Gasteiger partial charge in [0.05, 0.1) is 11.9 Å². The Bertz CT molecular complexity index is 1070. The molecule has 1 heterocycles. The number of pyridine rings is 1. The molecular weight excluding hydrogens is 362 g/mol.